The second-order valence-corrected chi connectivity index (χ2v) is 5.63. The van der Waals surface area contributed by atoms with Crippen LogP contribution in [-0.4, -0.2) is 22.0 Å². The molecule has 130 valence electrons. The monoisotopic (exact) mass is 347 g/mol. The first-order valence-electron chi connectivity index (χ1n) is 7.73. The zero-order chi connectivity index (χ0) is 18.0. The fraction of sp³-hybridized carbons (Fsp3) is 0.222. The standard InChI is InChI=1S/C18H16F3N3O/c1-12-23-15-4-2-3-5-16(15)24(12)11-10-22-17(25)13-6-8-14(9-7-13)18(19,20)21/h2-9H,10-11H2,1H3,(H,22,25). The number of nitrogens with one attached hydrogen (secondary N) is 1. The summed E-state index contributed by atoms with van der Waals surface area (Å²) in [4.78, 5) is 16.5. The molecule has 2 aromatic carbocycles. The van der Waals surface area contributed by atoms with Crippen LogP contribution in [0.4, 0.5) is 13.2 Å². The number of para-hydroxylation sites is 2. The van der Waals surface area contributed by atoms with Gasteiger partial charge in [0.2, 0.25) is 0 Å². The lowest BCUT2D eigenvalue weighted by Gasteiger charge is -2.10. The van der Waals surface area contributed by atoms with Gasteiger partial charge in [-0.15, -0.1) is 0 Å². The summed E-state index contributed by atoms with van der Waals surface area (Å²) < 4.78 is 39.6. The van der Waals surface area contributed by atoms with E-state index in [0.29, 0.717) is 13.1 Å². The molecule has 4 nitrogen and oxygen atoms in total. The Kier molecular flexibility index (Phi) is 4.48. The summed E-state index contributed by atoms with van der Waals surface area (Å²) in [5.41, 5.74) is 1.28. The third-order valence-electron chi connectivity index (χ3n) is 3.94. The highest BCUT2D eigenvalue weighted by atomic mass is 19.4. The van der Waals surface area contributed by atoms with Crippen molar-refractivity contribution in [3.05, 3.63) is 65.5 Å². The molecule has 3 rings (SSSR count). The zero-order valence-electron chi connectivity index (χ0n) is 13.5. The van der Waals surface area contributed by atoms with Gasteiger partial charge in [0.1, 0.15) is 5.82 Å². The lowest BCUT2D eigenvalue weighted by molar-refractivity contribution is -0.137. The number of nitrogens with zero attached hydrogens (tertiary/aromatic N) is 2. The van der Waals surface area contributed by atoms with Crippen molar-refractivity contribution in [3.63, 3.8) is 0 Å². The Balaban J connectivity index is 1.63. The van der Waals surface area contributed by atoms with E-state index in [1.165, 1.54) is 12.1 Å². The van der Waals surface area contributed by atoms with Gasteiger partial charge >= 0.3 is 6.18 Å². The topological polar surface area (TPSA) is 46.9 Å². The fourth-order valence-electron chi connectivity index (χ4n) is 2.67. The molecule has 0 aliphatic heterocycles. The zero-order valence-corrected chi connectivity index (χ0v) is 13.5. The number of benzene rings is 2. The Labute approximate surface area is 142 Å². The van der Waals surface area contributed by atoms with Gasteiger partial charge in [0, 0.05) is 18.7 Å². The highest BCUT2D eigenvalue weighted by molar-refractivity contribution is 5.94. The second-order valence-electron chi connectivity index (χ2n) is 5.63. The first kappa shape index (κ1) is 17.0. The van der Waals surface area contributed by atoms with Crippen LogP contribution in [0.3, 0.4) is 0 Å². The van der Waals surface area contributed by atoms with Gasteiger partial charge in [0.05, 0.1) is 16.6 Å². The molecule has 0 radical (unpaired) electrons. The highest BCUT2D eigenvalue weighted by Crippen LogP contribution is 2.29. The van der Waals surface area contributed by atoms with Gasteiger partial charge in [-0.2, -0.15) is 13.2 Å². The van der Waals surface area contributed by atoms with Crippen LogP contribution in [0.1, 0.15) is 21.7 Å². The van der Waals surface area contributed by atoms with E-state index in [2.05, 4.69) is 10.3 Å². The molecule has 0 saturated carbocycles. The van der Waals surface area contributed by atoms with Crippen molar-refractivity contribution >= 4 is 16.9 Å². The SMILES string of the molecule is Cc1nc2ccccc2n1CCNC(=O)c1ccc(C(F)(F)F)cc1. The number of alkyl halides is 3. The van der Waals surface area contributed by atoms with Crippen LogP contribution in [0.5, 0.6) is 0 Å². The Morgan fingerprint density at radius 1 is 1.12 bits per heavy atom. The summed E-state index contributed by atoms with van der Waals surface area (Å²) >= 11 is 0. The maximum Gasteiger partial charge on any atom is 0.416 e. The molecule has 0 atom stereocenters. The van der Waals surface area contributed by atoms with Gasteiger partial charge in [0.25, 0.3) is 5.91 Å². The van der Waals surface area contributed by atoms with Gasteiger partial charge in [-0.3, -0.25) is 4.79 Å². The largest absolute Gasteiger partial charge is 0.416 e. The molecule has 1 heterocycles. The predicted molar refractivity (Wildman–Crippen MR) is 88.2 cm³/mol. The summed E-state index contributed by atoms with van der Waals surface area (Å²) in [6, 6.07) is 11.9. The van der Waals surface area contributed by atoms with Crippen LogP contribution >= 0.6 is 0 Å². The van der Waals surface area contributed by atoms with E-state index in [1.54, 1.807) is 0 Å². The predicted octanol–water partition coefficient (Wildman–Crippen LogP) is 3.79. The van der Waals surface area contributed by atoms with E-state index >= 15 is 0 Å². The molecule has 25 heavy (non-hydrogen) atoms. The molecule has 0 unspecified atom stereocenters. The van der Waals surface area contributed by atoms with Crippen LogP contribution in [-0.2, 0) is 12.7 Å². The summed E-state index contributed by atoms with van der Waals surface area (Å²) in [6.45, 7) is 2.76. The Morgan fingerprint density at radius 3 is 2.48 bits per heavy atom. The van der Waals surface area contributed by atoms with E-state index in [0.717, 1.165) is 29.0 Å². The van der Waals surface area contributed by atoms with Crippen molar-refractivity contribution in [2.75, 3.05) is 6.54 Å². The number of amides is 1. The summed E-state index contributed by atoms with van der Waals surface area (Å²) in [6.07, 6.45) is -4.41. The minimum absolute atomic E-state index is 0.195. The van der Waals surface area contributed by atoms with E-state index in [1.807, 2.05) is 35.8 Å². The molecule has 0 aliphatic carbocycles. The van der Waals surface area contributed by atoms with Crippen molar-refractivity contribution in [2.24, 2.45) is 0 Å². The molecule has 1 aromatic heterocycles. The minimum atomic E-state index is -4.41. The van der Waals surface area contributed by atoms with Gasteiger partial charge in [0.15, 0.2) is 0 Å². The van der Waals surface area contributed by atoms with Crippen molar-refractivity contribution < 1.29 is 18.0 Å². The quantitative estimate of drug-likeness (QED) is 0.780. The second kappa shape index (κ2) is 6.58. The fourth-order valence-corrected chi connectivity index (χ4v) is 2.67. The minimum Gasteiger partial charge on any atom is -0.350 e. The summed E-state index contributed by atoms with van der Waals surface area (Å²) in [5, 5.41) is 2.72. The number of aromatic nitrogens is 2. The summed E-state index contributed by atoms with van der Waals surface area (Å²) in [7, 11) is 0. The van der Waals surface area contributed by atoms with Gasteiger partial charge in [-0.05, 0) is 43.3 Å². The van der Waals surface area contributed by atoms with Crippen LogP contribution < -0.4 is 5.32 Å². The average molecular weight is 347 g/mol. The summed E-state index contributed by atoms with van der Waals surface area (Å²) in [5.74, 6) is 0.431. The molecule has 0 aliphatic rings. The molecule has 7 heteroatoms. The normalized spacial score (nSPS) is 11.7. The number of fused-ring (bicyclic) bond motifs is 1. The molecule has 0 bridgehead atoms. The van der Waals surface area contributed by atoms with E-state index in [9.17, 15) is 18.0 Å². The molecule has 3 aromatic rings. The molecule has 0 saturated heterocycles. The van der Waals surface area contributed by atoms with E-state index in [-0.39, 0.29) is 5.56 Å². The van der Waals surface area contributed by atoms with Crippen LogP contribution in [0.25, 0.3) is 11.0 Å². The molecule has 0 spiro atoms. The average Bonchev–Trinajstić information content (AvgIpc) is 2.90. The molecule has 1 N–H and O–H groups in total. The first-order valence-corrected chi connectivity index (χ1v) is 7.73. The Hall–Kier alpha value is -2.83. The number of rotatable bonds is 4. The molecular formula is C18H16F3N3O. The lowest BCUT2D eigenvalue weighted by atomic mass is 10.1. The maximum atomic E-state index is 12.5. The molecular weight excluding hydrogens is 331 g/mol. The number of hydrogen-bond donors (Lipinski definition) is 1. The van der Waals surface area contributed by atoms with Crippen LogP contribution in [0.15, 0.2) is 48.5 Å². The third-order valence-corrected chi connectivity index (χ3v) is 3.94. The van der Waals surface area contributed by atoms with Crippen molar-refractivity contribution in [1.82, 2.24) is 14.9 Å². The van der Waals surface area contributed by atoms with Crippen molar-refractivity contribution in [3.8, 4) is 0 Å². The number of imidazole rings is 1. The van der Waals surface area contributed by atoms with Crippen LogP contribution in [0, 0.1) is 6.92 Å². The number of hydrogen-bond acceptors (Lipinski definition) is 2. The number of halogens is 3. The van der Waals surface area contributed by atoms with E-state index < -0.39 is 17.6 Å². The number of carbonyl (C=O) groups is 1. The number of aryl methyl sites for hydroxylation is 1. The van der Waals surface area contributed by atoms with Crippen molar-refractivity contribution in [2.45, 2.75) is 19.6 Å². The lowest BCUT2D eigenvalue weighted by Crippen LogP contribution is -2.27. The van der Waals surface area contributed by atoms with Gasteiger partial charge < -0.3 is 9.88 Å². The molecule has 0 fully saturated rings. The van der Waals surface area contributed by atoms with Gasteiger partial charge in [-0.1, -0.05) is 12.1 Å². The number of carbonyl (C=O) groups excluding carboxylic acids is 1. The Bertz CT molecular complexity index is 898. The van der Waals surface area contributed by atoms with Crippen LogP contribution in [0.2, 0.25) is 0 Å². The first-order chi connectivity index (χ1) is 11.9. The van der Waals surface area contributed by atoms with Crippen molar-refractivity contribution in [1.29, 1.82) is 0 Å². The maximum absolute atomic E-state index is 12.5. The Morgan fingerprint density at radius 2 is 1.80 bits per heavy atom. The van der Waals surface area contributed by atoms with E-state index in [4.69, 9.17) is 0 Å². The highest BCUT2D eigenvalue weighted by Gasteiger charge is 2.30. The van der Waals surface area contributed by atoms with Gasteiger partial charge in [-0.25, -0.2) is 4.98 Å². The molecule has 1 amide bonds. The third kappa shape index (κ3) is 3.65. The smallest absolute Gasteiger partial charge is 0.350 e.